The predicted molar refractivity (Wildman–Crippen MR) is 81.4 cm³/mol. The summed E-state index contributed by atoms with van der Waals surface area (Å²) < 4.78 is 7.03. The fourth-order valence-corrected chi connectivity index (χ4v) is 3.34. The molecule has 0 bridgehead atoms. The highest BCUT2D eigenvalue weighted by atomic mass is 32.2. The summed E-state index contributed by atoms with van der Waals surface area (Å²) in [6.07, 6.45) is 1.59. The third-order valence-corrected chi connectivity index (χ3v) is 4.60. The van der Waals surface area contributed by atoms with Crippen molar-refractivity contribution in [3.8, 4) is 0 Å². The highest BCUT2D eigenvalue weighted by molar-refractivity contribution is 7.99. The number of thioether (sulfide) groups is 1. The molecule has 0 saturated carbocycles. The third kappa shape index (κ3) is 2.78. The molecule has 1 aliphatic heterocycles. The smallest absolute Gasteiger partial charge is 0.268 e. The van der Waals surface area contributed by atoms with Gasteiger partial charge in [0.05, 0.1) is 18.3 Å². The van der Waals surface area contributed by atoms with Crippen LogP contribution in [-0.2, 0) is 11.8 Å². The molecule has 1 fully saturated rings. The maximum atomic E-state index is 12.2. The lowest BCUT2D eigenvalue weighted by atomic mass is 10.3. The quantitative estimate of drug-likeness (QED) is 0.921. The Labute approximate surface area is 126 Å². The van der Waals surface area contributed by atoms with Gasteiger partial charge in [0.2, 0.25) is 5.91 Å². The van der Waals surface area contributed by atoms with E-state index in [0.29, 0.717) is 11.3 Å². The van der Waals surface area contributed by atoms with Gasteiger partial charge in [-0.3, -0.25) is 9.59 Å². The van der Waals surface area contributed by atoms with Crippen molar-refractivity contribution in [2.75, 3.05) is 31.1 Å². The van der Waals surface area contributed by atoms with Gasteiger partial charge in [-0.1, -0.05) is 0 Å². The lowest BCUT2D eigenvalue weighted by Crippen LogP contribution is -2.44. The molecule has 6 nitrogen and oxygen atoms in total. The van der Waals surface area contributed by atoms with E-state index in [-0.39, 0.29) is 18.4 Å². The van der Waals surface area contributed by atoms with Crippen LogP contribution in [0.4, 0.5) is 0 Å². The molecule has 0 aromatic carbocycles. The van der Waals surface area contributed by atoms with Gasteiger partial charge in [0.15, 0.2) is 5.58 Å². The highest BCUT2D eigenvalue weighted by Gasteiger charge is 2.19. The van der Waals surface area contributed by atoms with Gasteiger partial charge in [0, 0.05) is 43.8 Å². The molecule has 7 heteroatoms. The SMILES string of the molecule is Cn1c(C(=O)NCC(=O)N2CCSCC2)cc2occc21. The second-order valence-corrected chi connectivity index (χ2v) is 6.16. The van der Waals surface area contributed by atoms with E-state index < -0.39 is 0 Å². The Hall–Kier alpha value is -1.89. The molecule has 0 atom stereocenters. The summed E-state index contributed by atoms with van der Waals surface area (Å²) in [5.41, 5.74) is 2.02. The molecule has 0 unspecified atom stereocenters. The molecule has 112 valence electrons. The number of rotatable bonds is 3. The van der Waals surface area contributed by atoms with Crippen molar-refractivity contribution in [3.05, 3.63) is 24.1 Å². The van der Waals surface area contributed by atoms with Crippen LogP contribution in [0.2, 0.25) is 0 Å². The molecular weight excluding hydrogens is 290 g/mol. The largest absolute Gasteiger partial charge is 0.463 e. The summed E-state index contributed by atoms with van der Waals surface area (Å²) in [5, 5.41) is 2.69. The number of furan rings is 1. The molecule has 3 rings (SSSR count). The minimum atomic E-state index is -0.261. The van der Waals surface area contributed by atoms with Crippen molar-refractivity contribution < 1.29 is 14.0 Å². The van der Waals surface area contributed by atoms with Crippen LogP contribution in [0.15, 0.2) is 22.8 Å². The summed E-state index contributed by atoms with van der Waals surface area (Å²) >= 11 is 1.85. The van der Waals surface area contributed by atoms with Gasteiger partial charge >= 0.3 is 0 Å². The Kier molecular flexibility index (Phi) is 3.92. The van der Waals surface area contributed by atoms with Crippen molar-refractivity contribution in [1.82, 2.24) is 14.8 Å². The molecule has 3 heterocycles. The van der Waals surface area contributed by atoms with Crippen molar-refractivity contribution in [3.63, 3.8) is 0 Å². The summed E-state index contributed by atoms with van der Waals surface area (Å²) in [6, 6.07) is 3.50. The minimum Gasteiger partial charge on any atom is -0.463 e. The summed E-state index contributed by atoms with van der Waals surface area (Å²) in [5.74, 6) is 1.65. The summed E-state index contributed by atoms with van der Waals surface area (Å²) in [4.78, 5) is 26.0. The first-order chi connectivity index (χ1) is 10.2. The van der Waals surface area contributed by atoms with Gasteiger partial charge in [0.1, 0.15) is 5.69 Å². The number of nitrogens with zero attached hydrogens (tertiary/aromatic N) is 2. The molecule has 1 N–H and O–H groups in total. The standard InChI is InChI=1S/C14H17N3O3S/c1-16-10-2-5-20-12(10)8-11(16)14(19)15-9-13(18)17-3-6-21-7-4-17/h2,5,8H,3-4,6-7,9H2,1H3,(H,15,19). The fraction of sp³-hybridized carbons (Fsp3) is 0.429. The Morgan fingerprint density at radius 2 is 2.14 bits per heavy atom. The van der Waals surface area contributed by atoms with E-state index in [1.807, 2.05) is 17.8 Å². The first-order valence-corrected chi connectivity index (χ1v) is 7.99. The Bertz CT molecular complexity index is 670. The lowest BCUT2D eigenvalue weighted by molar-refractivity contribution is -0.129. The first kappa shape index (κ1) is 14.1. The highest BCUT2D eigenvalue weighted by Crippen LogP contribution is 2.19. The number of fused-ring (bicyclic) bond motifs is 1. The van der Waals surface area contributed by atoms with E-state index in [4.69, 9.17) is 4.42 Å². The number of aryl methyl sites for hydroxylation is 1. The van der Waals surface area contributed by atoms with Crippen molar-refractivity contribution in [2.24, 2.45) is 7.05 Å². The molecule has 2 aromatic rings. The molecule has 21 heavy (non-hydrogen) atoms. The number of carbonyl (C=O) groups is 2. The van der Waals surface area contributed by atoms with Crippen LogP contribution in [0.1, 0.15) is 10.5 Å². The number of hydrogen-bond donors (Lipinski definition) is 1. The van der Waals surface area contributed by atoms with Gasteiger partial charge < -0.3 is 19.2 Å². The van der Waals surface area contributed by atoms with Crippen LogP contribution >= 0.6 is 11.8 Å². The monoisotopic (exact) mass is 307 g/mol. The Morgan fingerprint density at radius 3 is 2.86 bits per heavy atom. The van der Waals surface area contributed by atoms with Crippen molar-refractivity contribution >= 4 is 34.7 Å². The maximum absolute atomic E-state index is 12.2. The normalized spacial score (nSPS) is 15.4. The predicted octanol–water partition coefficient (Wildman–Crippen LogP) is 1.08. The van der Waals surface area contributed by atoms with Crippen LogP contribution in [0.3, 0.4) is 0 Å². The number of carbonyl (C=O) groups excluding carboxylic acids is 2. The third-order valence-electron chi connectivity index (χ3n) is 3.66. The Balaban J connectivity index is 1.62. The van der Waals surface area contributed by atoms with Crippen molar-refractivity contribution in [2.45, 2.75) is 0 Å². The topological polar surface area (TPSA) is 67.5 Å². The second-order valence-electron chi connectivity index (χ2n) is 4.93. The molecule has 1 aliphatic rings. The lowest BCUT2D eigenvalue weighted by Gasteiger charge is -2.26. The second kappa shape index (κ2) is 5.85. The van der Waals surface area contributed by atoms with Crippen LogP contribution < -0.4 is 5.32 Å². The zero-order valence-corrected chi connectivity index (χ0v) is 12.6. The van der Waals surface area contributed by atoms with E-state index in [1.54, 1.807) is 28.8 Å². The zero-order valence-electron chi connectivity index (χ0n) is 11.8. The molecule has 1 saturated heterocycles. The van der Waals surface area contributed by atoms with Gasteiger partial charge in [-0.05, 0) is 0 Å². The van der Waals surface area contributed by atoms with E-state index >= 15 is 0 Å². The zero-order chi connectivity index (χ0) is 14.8. The molecule has 0 aliphatic carbocycles. The van der Waals surface area contributed by atoms with Crippen molar-refractivity contribution in [1.29, 1.82) is 0 Å². The Morgan fingerprint density at radius 1 is 1.38 bits per heavy atom. The van der Waals surface area contributed by atoms with Crippen LogP contribution in [0.5, 0.6) is 0 Å². The average Bonchev–Trinajstić information content (AvgIpc) is 3.09. The van der Waals surface area contributed by atoms with Crippen LogP contribution in [-0.4, -0.2) is 52.4 Å². The van der Waals surface area contributed by atoms with Gasteiger partial charge in [-0.25, -0.2) is 0 Å². The molecule has 2 aromatic heterocycles. The van der Waals surface area contributed by atoms with E-state index in [1.165, 1.54) is 0 Å². The van der Waals surface area contributed by atoms with Gasteiger partial charge in [-0.2, -0.15) is 11.8 Å². The number of nitrogens with one attached hydrogen (secondary N) is 1. The maximum Gasteiger partial charge on any atom is 0.268 e. The van der Waals surface area contributed by atoms with Gasteiger partial charge in [-0.15, -0.1) is 0 Å². The molecule has 0 radical (unpaired) electrons. The van der Waals surface area contributed by atoms with Crippen LogP contribution in [0.25, 0.3) is 11.1 Å². The fourth-order valence-electron chi connectivity index (χ4n) is 2.44. The minimum absolute atomic E-state index is 0.0263. The van der Waals surface area contributed by atoms with E-state index in [9.17, 15) is 9.59 Å². The number of hydrogen-bond acceptors (Lipinski definition) is 4. The number of amides is 2. The molecule has 0 spiro atoms. The van der Waals surface area contributed by atoms with Crippen LogP contribution in [0, 0.1) is 0 Å². The molecule has 2 amide bonds. The van der Waals surface area contributed by atoms with E-state index in [2.05, 4.69) is 5.32 Å². The van der Waals surface area contributed by atoms with E-state index in [0.717, 1.165) is 30.1 Å². The average molecular weight is 307 g/mol. The van der Waals surface area contributed by atoms with Gasteiger partial charge in [0.25, 0.3) is 5.91 Å². The summed E-state index contributed by atoms with van der Waals surface area (Å²) in [7, 11) is 1.80. The first-order valence-electron chi connectivity index (χ1n) is 6.83. The molecular formula is C14H17N3O3S. The number of aromatic nitrogens is 1. The summed E-state index contributed by atoms with van der Waals surface area (Å²) in [6.45, 7) is 1.56.